The van der Waals surface area contributed by atoms with Crippen molar-refractivity contribution in [1.29, 1.82) is 0 Å². The molecule has 0 N–H and O–H groups in total. The number of hydrogen-bond acceptors (Lipinski definition) is 1. The van der Waals surface area contributed by atoms with Crippen molar-refractivity contribution in [1.82, 2.24) is 0 Å². The zero-order valence-corrected chi connectivity index (χ0v) is 9.42. The fraction of sp³-hybridized carbons (Fsp3) is 0.273. The Kier molecular flexibility index (Phi) is 5.02. The van der Waals surface area contributed by atoms with E-state index in [2.05, 4.69) is 0 Å². The van der Waals surface area contributed by atoms with Crippen LogP contribution in [0.15, 0.2) is 40.9 Å². The van der Waals surface area contributed by atoms with E-state index in [4.69, 9.17) is 27.9 Å². The van der Waals surface area contributed by atoms with Gasteiger partial charge >= 0.3 is 0 Å². The Labute approximate surface area is 94.3 Å². The highest BCUT2D eigenvalue weighted by Gasteiger charge is 2.07. The lowest BCUT2D eigenvalue weighted by atomic mass is 10.1. The van der Waals surface area contributed by atoms with Gasteiger partial charge < -0.3 is 4.74 Å². The Morgan fingerprint density at radius 2 is 2.00 bits per heavy atom. The van der Waals surface area contributed by atoms with Gasteiger partial charge in [-0.05, 0) is 18.6 Å². The molecule has 3 heteroatoms. The fourth-order valence-electron chi connectivity index (χ4n) is 1.18. The molecule has 1 nitrogen and oxygen atoms in total. The first-order valence-electron chi connectivity index (χ1n) is 4.43. The third-order valence-corrected chi connectivity index (χ3v) is 2.00. The maximum atomic E-state index is 5.60. The Hall–Kier alpha value is -0.500. The number of benzene rings is 1. The van der Waals surface area contributed by atoms with Crippen LogP contribution in [-0.2, 0) is 4.74 Å². The lowest BCUT2D eigenvalue weighted by molar-refractivity contribution is 0.0968. The van der Waals surface area contributed by atoms with Crippen LogP contribution in [0.5, 0.6) is 0 Å². The van der Waals surface area contributed by atoms with Crippen molar-refractivity contribution < 1.29 is 4.74 Å². The largest absolute Gasteiger partial charge is 0.370 e. The molecule has 0 aromatic heterocycles. The number of rotatable bonds is 4. The summed E-state index contributed by atoms with van der Waals surface area (Å²) in [6, 6.07) is 9.83. The summed E-state index contributed by atoms with van der Waals surface area (Å²) in [5.74, 6) is 0. The van der Waals surface area contributed by atoms with Gasteiger partial charge in [0.15, 0.2) is 0 Å². The van der Waals surface area contributed by atoms with Crippen molar-refractivity contribution in [2.75, 3.05) is 6.61 Å². The van der Waals surface area contributed by atoms with Crippen molar-refractivity contribution >= 4 is 23.2 Å². The van der Waals surface area contributed by atoms with Gasteiger partial charge in [0.2, 0.25) is 0 Å². The molecule has 1 aromatic carbocycles. The molecule has 0 fully saturated rings. The number of ether oxygens (including phenoxy) is 1. The number of hydrogen-bond donors (Lipinski definition) is 0. The van der Waals surface area contributed by atoms with E-state index in [1.165, 1.54) is 0 Å². The molecule has 1 aromatic rings. The minimum atomic E-state index is -0.161. The van der Waals surface area contributed by atoms with Crippen LogP contribution in [-0.4, -0.2) is 6.61 Å². The van der Waals surface area contributed by atoms with Crippen LogP contribution in [0.2, 0.25) is 0 Å². The molecule has 0 radical (unpaired) electrons. The lowest BCUT2D eigenvalue weighted by Gasteiger charge is -2.12. The highest BCUT2D eigenvalue weighted by Crippen LogP contribution is 2.22. The number of halogens is 2. The Bertz CT molecular complexity index is 291. The summed E-state index contributed by atoms with van der Waals surface area (Å²) in [5, 5.41) is 0. The van der Waals surface area contributed by atoms with E-state index < -0.39 is 0 Å². The first-order chi connectivity index (χ1) is 6.74. The minimum absolute atomic E-state index is 0.161. The van der Waals surface area contributed by atoms with Crippen LogP contribution in [0, 0.1) is 0 Å². The highest BCUT2D eigenvalue weighted by molar-refractivity contribution is 6.55. The first-order valence-corrected chi connectivity index (χ1v) is 5.19. The fourth-order valence-corrected chi connectivity index (χ4v) is 1.41. The summed E-state index contributed by atoms with van der Waals surface area (Å²) in [4.78, 5) is 0. The molecule has 0 aliphatic carbocycles. The molecule has 76 valence electrons. The minimum Gasteiger partial charge on any atom is -0.370 e. The molecule has 0 saturated carbocycles. The highest BCUT2D eigenvalue weighted by atomic mass is 35.5. The van der Waals surface area contributed by atoms with Crippen LogP contribution >= 0.6 is 23.2 Å². The molecule has 0 aliphatic heterocycles. The summed E-state index contributed by atoms with van der Waals surface area (Å²) in [6.45, 7) is 2.56. The van der Waals surface area contributed by atoms with E-state index in [1.54, 1.807) is 6.08 Å². The zero-order chi connectivity index (χ0) is 10.4. The Balaban J connectivity index is 2.83. The molecule has 0 aliphatic rings. The smallest absolute Gasteiger partial charge is 0.105 e. The van der Waals surface area contributed by atoms with E-state index in [9.17, 15) is 0 Å². The van der Waals surface area contributed by atoms with Gasteiger partial charge in [0.1, 0.15) is 10.6 Å². The maximum Gasteiger partial charge on any atom is 0.105 e. The van der Waals surface area contributed by atoms with Crippen LogP contribution in [0.1, 0.15) is 18.6 Å². The molecule has 0 spiro atoms. The maximum absolute atomic E-state index is 5.60. The zero-order valence-electron chi connectivity index (χ0n) is 7.91. The predicted molar refractivity (Wildman–Crippen MR) is 60.6 cm³/mol. The second-order valence-electron chi connectivity index (χ2n) is 2.74. The summed E-state index contributed by atoms with van der Waals surface area (Å²) in [7, 11) is 0. The van der Waals surface area contributed by atoms with E-state index in [-0.39, 0.29) is 10.6 Å². The van der Waals surface area contributed by atoms with E-state index >= 15 is 0 Å². The molecular weight excluding hydrogens is 219 g/mol. The molecule has 1 unspecified atom stereocenters. The van der Waals surface area contributed by atoms with Gasteiger partial charge in [0.25, 0.3) is 0 Å². The normalized spacial score (nSPS) is 12.2. The van der Waals surface area contributed by atoms with Crippen LogP contribution in [0.25, 0.3) is 0 Å². The molecule has 0 bridgehead atoms. The predicted octanol–water partition coefficient (Wildman–Crippen LogP) is 4.08. The van der Waals surface area contributed by atoms with Crippen molar-refractivity contribution in [3.05, 3.63) is 46.5 Å². The summed E-state index contributed by atoms with van der Waals surface area (Å²) in [6.07, 6.45) is 1.52. The third kappa shape index (κ3) is 3.70. The molecule has 0 heterocycles. The monoisotopic (exact) mass is 230 g/mol. The third-order valence-electron chi connectivity index (χ3n) is 1.75. The van der Waals surface area contributed by atoms with Gasteiger partial charge in [-0.2, -0.15) is 0 Å². The standard InChI is InChI=1S/C11H12Cl2O/c1-2-14-10(8-11(12)13)9-6-4-3-5-7-9/h3-8,10H,2H2,1H3. The van der Waals surface area contributed by atoms with Gasteiger partial charge in [-0.15, -0.1) is 0 Å². The van der Waals surface area contributed by atoms with Gasteiger partial charge in [0.05, 0.1) is 0 Å². The van der Waals surface area contributed by atoms with Gasteiger partial charge in [-0.25, -0.2) is 0 Å². The van der Waals surface area contributed by atoms with E-state index in [0.29, 0.717) is 6.61 Å². The van der Waals surface area contributed by atoms with Crippen molar-refractivity contribution in [3.8, 4) is 0 Å². The second-order valence-corrected chi connectivity index (χ2v) is 3.75. The Morgan fingerprint density at radius 1 is 1.36 bits per heavy atom. The van der Waals surface area contributed by atoms with E-state index in [1.807, 2.05) is 37.3 Å². The van der Waals surface area contributed by atoms with Gasteiger partial charge in [0, 0.05) is 6.61 Å². The van der Waals surface area contributed by atoms with E-state index in [0.717, 1.165) is 5.56 Å². The molecule has 1 atom stereocenters. The first kappa shape index (κ1) is 11.6. The molecule has 14 heavy (non-hydrogen) atoms. The van der Waals surface area contributed by atoms with Crippen LogP contribution < -0.4 is 0 Å². The topological polar surface area (TPSA) is 9.23 Å². The van der Waals surface area contributed by atoms with Gasteiger partial charge in [-0.3, -0.25) is 0 Å². The van der Waals surface area contributed by atoms with Crippen LogP contribution in [0.4, 0.5) is 0 Å². The average molecular weight is 231 g/mol. The summed E-state index contributed by atoms with van der Waals surface area (Å²) < 4.78 is 5.72. The molecule has 1 rings (SSSR count). The second kappa shape index (κ2) is 6.07. The molecular formula is C11H12Cl2O. The summed E-state index contributed by atoms with van der Waals surface area (Å²) >= 11 is 11.2. The van der Waals surface area contributed by atoms with Crippen LogP contribution in [0.3, 0.4) is 0 Å². The SMILES string of the molecule is CCOC(C=C(Cl)Cl)c1ccccc1. The molecule has 0 saturated heterocycles. The van der Waals surface area contributed by atoms with Crippen molar-refractivity contribution in [3.63, 3.8) is 0 Å². The van der Waals surface area contributed by atoms with Gasteiger partial charge in [-0.1, -0.05) is 53.5 Å². The quantitative estimate of drug-likeness (QED) is 0.758. The van der Waals surface area contributed by atoms with Crippen molar-refractivity contribution in [2.24, 2.45) is 0 Å². The average Bonchev–Trinajstić information content (AvgIpc) is 2.18. The Morgan fingerprint density at radius 3 is 2.50 bits per heavy atom. The van der Waals surface area contributed by atoms with Crippen molar-refractivity contribution in [2.45, 2.75) is 13.0 Å². The lowest BCUT2D eigenvalue weighted by Crippen LogP contribution is -2.00. The molecule has 0 amide bonds. The summed E-state index contributed by atoms with van der Waals surface area (Å²) in [5.41, 5.74) is 1.05.